The van der Waals surface area contributed by atoms with Gasteiger partial charge in [0.05, 0.1) is 6.04 Å². The van der Waals surface area contributed by atoms with Crippen LogP contribution in [0.25, 0.3) is 0 Å². The minimum absolute atomic E-state index is 0.165. The Balaban J connectivity index is 2.12. The highest BCUT2D eigenvalue weighted by molar-refractivity contribution is 9.10. The Bertz CT molecular complexity index is 400. The van der Waals surface area contributed by atoms with Crippen molar-refractivity contribution in [2.45, 2.75) is 51.2 Å². The summed E-state index contributed by atoms with van der Waals surface area (Å²) in [5, 5.41) is 2.39. The molecule has 0 amide bonds. The third kappa shape index (κ3) is 3.57. The number of hydrogen-bond acceptors (Lipinski definition) is 3. The van der Waals surface area contributed by atoms with Gasteiger partial charge in [-0.25, -0.2) is 10.4 Å². The van der Waals surface area contributed by atoms with Crippen LogP contribution in [0.5, 0.6) is 0 Å². The van der Waals surface area contributed by atoms with Crippen molar-refractivity contribution < 1.29 is 0 Å². The molecule has 3 N–H and O–H groups in total. The molecule has 0 aromatic heterocycles. The second-order valence-electron chi connectivity index (χ2n) is 5.48. The average molecular weight is 326 g/mol. The second kappa shape index (κ2) is 6.84. The molecule has 1 aromatic rings. The molecule has 0 aliphatic carbocycles. The number of nitrogens with two attached hydrogens (primary N) is 1. The van der Waals surface area contributed by atoms with Crippen molar-refractivity contribution in [3.8, 4) is 0 Å². The van der Waals surface area contributed by atoms with E-state index < -0.39 is 0 Å². The van der Waals surface area contributed by atoms with Gasteiger partial charge in [-0.05, 0) is 38.3 Å². The molecule has 106 valence electrons. The zero-order valence-corrected chi connectivity index (χ0v) is 13.4. The van der Waals surface area contributed by atoms with Gasteiger partial charge in [-0.1, -0.05) is 40.5 Å². The van der Waals surface area contributed by atoms with Gasteiger partial charge in [0.25, 0.3) is 0 Å². The van der Waals surface area contributed by atoms with Crippen molar-refractivity contribution in [3.63, 3.8) is 0 Å². The summed E-state index contributed by atoms with van der Waals surface area (Å²) in [6.07, 6.45) is 3.83. The molecule has 0 radical (unpaired) electrons. The summed E-state index contributed by atoms with van der Waals surface area (Å²) in [4.78, 5) is 0. The fraction of sp³-hybridized carbons (Fsp3) is 0.600. The summed E-state index contributed by atoms with van der Waals surface area (Å²) >= 11 is 3.62. The molecule has 0 spiro atoms. The molecule has 1 fully saturated rings. The number of hydrogen-bond donors (Lipinski definition) is 2. The largest absolute Gasteiger partial charge is 0.329 e. The van der Waals surface area contributed by atoms with Crippen molar-refractivity contribution in [3.05, 3.63) is 34.3 Å². The van der Waals surface area contributed by atoms with Gasteiger partial charge in [-0.15, -0.1) is 0 Å². The van der Waals surface area contributed by atoms with E-state index in [4.69, 9.17) is 5.73 Å². The first-order valence-corrected chi connectivity index (χ1v) is 7.91. The van der Waals surface area contributed by atoms with E-state index in [1.165, 1.54) is 24.8 Å². The third-order valence-corrected chi connectivity index (χ3v) is 4.74. The van der Waals surface area contributed by atoms with Crippen LogP contribution in [0.4, 0.5) is 0 Å². The SMILES string of the molecule is CC1CCCC(C)N1NC(CN)c1ccccc1Br. The van der Waals surface area contributed by atoms with Crippen LogP contribution in [-0.2, 0) is 0 Å². The van der Waals surface area contributed by atoms with E-state index in [2.05, 4.69) is 58.4 Å². The Hall–Kier alpha value is -0.420. The van der Waals surface area contributed by atoms with Gasteiger partial charge in [-0.2, -0.15) is 0 Å². The molecular weight excluding hydrogens is 302 g/mol. The molecule has 1 aliphatic rings. The molecule has 1 heterocycles. The van der Waals surface area contributed by atoms with E-state index in [9.17, 15) is 0 Å². The highest BCUT2D eigenvalue weighted by Crippen LogP contribution is 2.26. The highest BCUT2D eigenvalue weighted by atomic mass is 79.9. The number of rotatable bonds is 4. The van der Waals surface area contributed by atoms with Crippen LogP contribution in [0.3, 0.4) is 0 Å². The lowest BCUT2D eigenvalue weighted by atomic mass is 9.99. The van der Waals surface area contributed by atoms with E-state index in [1.807, 2.05) is 6.07 Å². The Morgan fingerprint density at radius 1 is 1.32 bits per heavy atom. The first kappa shape index (κ1) is 15.0. The molecule has 2 rings (SSSR count). The molecule has 3 atom stereocenters. The number of piperidine rings is 1. The summed E-state index contributed by atoms with van der Waals surface area (Å²) in [5.74, 6) is 0. The predicted octanol–water partition coefficient (Wildman–Crippen LogP) is 3.22. The predicted molar refractivity (Wildman–Crippen MR) is 83.7 cm³/mol. The molecule has 3 nitrogen and oxygen atoms in total. The maximum Gasteiger partial charge on any atom is 0.0598 e. The van der Waals surface area contributed by atoms with Gasteiger partial charge in [0.2, 0.25) is 0 Å². The smallest absolute Gasteiger partial charge is 0.0598 e. The van der Waals surface area contributed by atoms with E-state index in [0.717, 1.165) is 4.47 Å². The van der Waals surface area contributed by atoms with E-state index in [-0.39, 0.29) is 6.04 Å². The zero-order chi connectivity index (χ0) is 13.8. The summed E-state index contributed by atoms with van der Waals surface area (Å²) in [5.41, 5.74) is 10.8. The number of benzene rings is 1. The Morgan fingerprint density at radius 2 is 1.95 bits per heavy atom. The van der Waals surface area contributed by atoms with Crippen LogP contribution in [0.2, 0.25) is 0 Å². The normalized spacial score (nSPS) is 26.3. The number of halogens is 1. The molecular formula is C15H24BrN3. The van der Waals surface area contributed by atoms with Crippen LogP contribution < -0.4 is 11.2 Å². The van der Waals surface area contributed by atoms with Crippen LogP contribution in [0.1, 0.15) is 44.7 Å². The fourth-order valence-electron chi connectivity index (χ4n) is 2.86. The zero-order valence-electron chi connectivity index (χ0n) is 11.8. The molecule has 1 aliphatic heterocycles. The van der Waals surface area contributed by atoms with Crippen LogP contribution in [0.15, 0.2) is 28.7 Å². The molecule has 19 heavy (non-hydrogen) atoms. The fourth-order valence-corrected chi connectivity index (χ4v) is 3.42. The minimum Gasteiger partial charge on any atom is -0.329 e. The van der Waals surface area contributed by atoms with Gasteiger partial charge in [0.15, 0.2) is 0 Å². The van der Waals surface area contributed by atoms with Crippen LogP contribution in [-0.4, -0.2) is 23.6 Å². The maximum atomic E-state index is 5.97. The highest BCUT2D eigenvalue weighted by Gasteiger charge is 2.27. The lowest BCUT2D eigenvalue weighted by molar-refractivity contribution is 0.0303. The standard InChI is InChI=1S/C15H24BrN3/c1-11-6-5-7-12(2)19(11)18-15(10-17)13-8-3-4-9-14(13)16/h3-4,8-9,11-12,15,18H,5-7,10,17H2,1-2H3. The Labute approximate surface area is 124 Å². The van der Waals surface area contributed by atoms with E-state index in [1.54, 1.807) is 0 Å². The van der Waals surface area contributed by atoms with Crippen LogP contribution in [0, 0.1) is 0 Å². The summed E-state index contributed by atoms with van der Waals surface area (Å²) in [6.45, 7) is 5.17. The van der Waals surface area contributed by atoms with Crippen LogP contribution >= 0.6 is 15.9 Å². The van der Waals surface area contributed by atoms with E-state index >= 15 is 0 Å². The third-order valence-electron chi connectivity index (χ3n) is 4.01. The lowest BCUT2D eigenvalue weighted by Gasteiger charge is -2.41. The first-order chi connectivity index (χ1) is 9.13. The average Bonchev–Trinajstić information content (AvgIpc) is 2.40. The maximum absolute atomic E-state index is 5.97. The van der Waals surface area contributed by atoms with Crippen molar-refractivity contribution >= 4 is 15.9 Å². The molecule has 3 unspecified atom stereocenters. The molecule has 0 saturated carbocycles. The first-order valence-electron chi connectivity index (χ1n) is 7.12. The number of nitrogens with zero attached hydrogens (tertiary/aromatic N) is 1. The van der Waals surface area contributed by atoms with Gasteiger partial charge < -0.3 is 5.73 Å². The van der Waals surface area contributed by atoms with Gasteiger partial charge in [-0.3, -0.25) is 0 Å². The monoisotopic (exact) mass is 325 g/mol. The second-order valence-corrected chi connectivity index (χ2v) is 6.33. The molecule has 4 heteroatoms. The van der Waals surface area contributed by atoms with Crippen molar-refractivity contribution in [2.24, 2.45) is 5.73 Å². The number of nitrogens with one attached hydrogen (secondary N) is 1. The van der Waals surface area contributed by atoms with E-state index in [0.29, 0.717) is 18.6 Å². The van der Waals surface area contributed by atoms with Gasteiger partial charge in [0.1, 0.15) is 0 Å². The summed E-state index contributed by atoms with van der Waals surface area (Å²) in [6, 6.07) is 9.61. The molecule has 1 saturated heterocycles. The number of hydrazine groups is 1. The Morgan fingerprint density at radius 3 is 2.53 bits per heavy atom. The quantitative estimate of drug-likeness (QED) is 0.893. The molecule has 1 aromatic carbocycles. The van der Waals surface area contributed by atoms with Crippen molar-refractivity contribution in [1.29, 1.82) is 0 Å². The topological polar surface area (TPSA) is 41.3 Å². The van der Waals surface area contributed by atoms with Gasteiger partial charge >= 0.3 is 0 Å². The lowest BCUT2D eigenvalue weighted by Crippen LogP contribution is -2.54. The van der Waals surface area contributed by atoms with Crippen molar-refractivity contribution in [1.82, 2.24) is 10.4 Å². The van der Waals surface area contributed by atoms with Gasteiger partial charge in [0, 0.05) is 23.1 Å². The Kier molecular flexibility index (Phi) is 5.39. The molecule has 0 bridgehead atoms. The summed E-state index contributed by atoms with van der Waals surface area (Å²) in [7, 11) is 0. The summed E-state index contributed by atoms with van der Waals surface area (Å²) < 4.78 is 1.12. The van der Waals surface area contributed by atoms with Crippen molar-refractivity contribution in [2.75, 3.05) is 6.54 Å². The minimum atomic E-state index is 0.165.